The summed E-state index contributed by atoms with van der Waals surface area (Å²) in [5, 5.41) is 6.52. The monoisotopic (exact) mass is 316 g/mol. The number of nitrogens with two attached hydrogens (primary N) is 1. The third-order valence-electron chi connectivity index (χ3n) is 1.90. The second kappa shape index (κ2) is 5.35. The van der Waals surface area contributed by atoms with E-state index in [0.29, 0.717) is 0 Å². The number of carbonyl (C=O) groups excluding carboxylic acids is 1. The molecule has 1 amide bonds. The van der Waals surface area contributed by atoms with Crippen molar-refractivity contribution < 1.29 is 26.4 Å². The van der Waals surface area contributed by atoms with Crippen molar-refractivity contribution in [3.8, 4) is 0 Å². The summed E-state index contributed by atoms with van der Waals surface area (Å²) in [4.78, 5) is 10.7. The van der Waals surface area contributed by atoms with Gasteiger partial charge in [-0.05, 0) is 18.2 Å². The Morgan fingerprint density at radius 2 is 1.95 bits per heavy atom. The van der Waals surface area contributed by atoms with Crippen molar-refractivity contribution in [2.24, 2.45) is 5.14 Å². The van der Waals surface area contributed by atoms with Crippen molar-refractivity contribution in [3.63, 3.8) is 0 Å². The molecule has 3 N–H and O–H groups in total. The highest BCUT2D eigenvalue weighted by Crippen LogP contribution is 2.26. The van der Waals surface area contributed by atoms with Gasteiger partial charge < -0.3 is 5.32 Å². The topological polar surface area (TPSA) is 89.3 Å². The molecule has 19 heavy (non-hydrogen) atoms. The molecule has 0 atom stereocenters. The standard InChI is InChI=1S/C9H8ClF3N2O3S/c10-6-3-5(19(14,17)18)1-2-7(6)15-8(16)4-9(11,12)13/h1-3H,4H2,(H,15,16)(H2,14,17,18). The predicted molar refractivity (Wildman–Crippen MR) is 62.1 cm³/mol. The van der Waals surface area contributed by atoms with Crippen LogP contribution in [0.15, 0.2) is 23.1 Å². The number of sulfonamides is 1. The van der Waals surface area contributed by atoms with E-state index in [1.165, 1.54) is 0 Å². The number of nitrogens with one attached hydrogen (secondary N) is 1. The Morgan fingerprint density at radius 3 is 2.37 bits per heavy atom. The van der Waals surface area contributed by atoms with Crippen LogP contribution in [0.4, 0.5) is 18.9 Å². The van der Waals surface area contributed by atoms with Crippen LogP contribution in [0.25, 0.3) is 0 Å². The van der Waals surface area contributed by atoms with Gasteiger partial charge in [0.15, 0.2) is 0 Å². The number of halogens is 4. The molecule has 0 aliphatic heterocycles. The van der Waals surface area contributed by atoms with Crippen LogP contribution in [0.5, 0.6) is 0 Å². The molecule has 106 valence electrons. The molecule has 1 aromatic carbocycles. The van der Waals surface area contributed by atoms with Crippen LogP contribution >= 0.6 is 11.6 Å². The Kier molecular flexibility index (Phi) is 4.43. The van der Waals surface area contributed by atoms with E-state index in [9.17, 15) is 26.4 Å². The van der Waals surface area contributed by atoms with E-state index in [-0.39, 0.29) is 15.6 Å². The van der Waals surface area contributed by atoms with Crippen LogP contribution in [-0.4, -0.2) is 20.5 Å². The van der Waals surface area contributed by atoms with E-state index in [1.807, 2.05) is 5.32 Å². The molecular weight excluding hydrogens is 309 g/mol. The number of rotatable bonds is 3. The molecule has 1 aromatic rings. The number of anilines is 1. The molecule has 0 radical (unpaired) electrons. The smallest absolute Gasteiger partial charge is 0.324 e. The first-order valence-electron chi connectivity index (χ1n) is 4.68. The van der Waals surface area contributed by atoms with E-state index in [2.05, 4.69) is 0 Å². The van der Waals surface area contributed by atoms with Gasteiger partial charge in [0.1, 0.15) is 6.42 Å². The van der Waals surface area contributed by atoms with Crippen LogP contribution in [-0.2, 0) is 14.8 Å². The first-order valence-corrected chi connectivity index (χ1v) is 6.60. The molecule has 0 heterocycles. The fourth-order valence-electron chi connectivity index (χ4n) is 1.15. The number of hydrogen-bond acceptors (Lipinski definition) is 3. The van der Waals surface area contributed by atoms with E-state index in [4.69, 9.17) is 16.7 Å². The lowest BCUT2D eigenvalue weighted by Crippen LogP contribution is -2.21. The van der Waals surface area contributed by atoms with Gasteiger partial charge >= 0.3 is 6.18 Å². The highest BCUT2D eigenvalue weighted by molar-refractivity contribution is 7.89. The lowest BCUT2D eigenvalue weighted by molar-refractivity contribution is -0.150. The van der Waals surface area contributed by atoms with Crippen LogP contribution in [0, 0.1) is 0 Å². The SMILES string of the molecule is NS(=O)(=O)c1ccc(NC(=O)CC(F)(F)F)c(Cl)c1. The molecule has 0 saturated carbocycles. The number of hydrogen-bond donors (Lipinski definition) is 2. The minimum absolute atomic E-state index is 0.136. The normalized spacial score (nSPS) is 12.3. The Hall–Kier alpha value is -1.32. The Morgan fingerprint density at radius 1 is 1.37 bits per heavy atom. The molecule has 0 aromatic heterocycles. The Balaban J connectivity index is 2.90. The third-order valence-corrected chi connectivity index (χ3v) is 3.13. The second-order valence-electron chi connectivity index (χ2n) is 3.53. The van der Waals surface area contributed by atoms with Gasteiger partial charge in [-0.25, -0.2) is 13.6 Å². The van der Waals surface area contributed by atoms with E-state index < -0.39 is 28.5 Å². The Labute approximate surface area is 111 Å². The van der Waals surface area contributed by atoms with Gasteiger partial charge in [0.25, 0.3) is 0 Å². The van der Waals surface area contributed by atoms with Gasteiger partial charge in [-0.3, -0.25) is 4.79 Å². The van der Waals surface area contributed by atoms with Crippen LogP contribution in [0.1, 0.15) is 6.42 Å². The maximum Gasteiger partial charge on any atom is 0.397 e. The van der Waals surface area contributed by atoms with Crippen molar-refractivity contribution in [3.05, 3.63) is 23.2 Å². The quantitative estimate of drug-likeness (QED) is 0.892. The number of benzene rings is 1. The molecule has 0 aliphatic carbocycles. The van der Waals surface area contributed by atoms with Gasteiger partial charge in [-0.2, -0.15) is 13.2 Å². The number of carbonyl (C=O) groups is 1. The third kappa shape index (κ3) is 5.05. The minimum atomic E-state index is -4.64. The van der Waals surface area contributed by atoms with Gasteiger partial charge in [0.05, 0.1) is 15.6 Å². The van der Waals surface area contributed by atoms with Crippen LogP contribution in [0.2, 0.25) is 5.02 Å². The van der Waals surface area contributed by atoms with Gasteiger partial charge in [0, 0.05) is 0 Å². The van der Waals surface area contributed by atoms with E-state index in [0.717, 1.165) is 18.2 Å². The molecule has 0 aliphatic rings. The second-order valence-corrected chi connectivity index (χ2v) is 5.50. The molecule has 0 spiro atoms. The molecule has 0 fully saturated rings. The molecule has 5 nitrogen and oxygen atoms in total. The number of primary sulfonamides is 1. The first-order chi connectivity index (χ1) is 8.49. The zero-order valence-corrected chi connectivity index (χ0v) is 10.7. The maximum absolute atomic E-state index is 11.9. The number of alkyl halides is 3. The van der Waals surface area contributed by atoms with Crippen LogP contribution < -0.4 is 10.5 Å². The molecule has 0 unspecified atom stereocenters. The summed E-state index contributed by atoms with van der Waals surface area (Å²) in [5.74, 6) is -1.31. The van der Waals surface area contributed by atoms with Crippen molar-refractivity contribution in [2.45, 2.75) is 17.5 Å². The van der Waals surface area contributed by atoms with Gasteiger partial charge in [-0.15, -0.1) is 0 Å². The summed E-state index contributed by atoms with van der Waals surface area (Å²) in [7, 11) is -3.98. The average molecular weight is 317 g/mol. The molecule has 0 bridgehead atoms. The minimum Gasteiger partial charge on any atom is -0.324 e. The molecular formula is C9H8ClF3N2O3S. The van der Waals surface area contributed by atoms with Crippen LogP contribution in [0.3, 0.4) is 0 Å². The highest BCUT2D eigenvalue weighted by atomic mass is 35.5. The summed E-state index contributed by atoms with van der Waals surface area (Å²) < 4.78 is 57.8. The summed E-state index contributed by atoms with van der Waals surface area (Å²) in [6, 6.07) is 3.00. The largest absolute Gasteiger partial charge is 0.397 e. The summed E-state index contributed by atoms with van der Waals surface area (Å²) in [6.07, 6.45) is -6.31. The molecule has 0 saturated heterocycles. The molecule has 10 heteroatoms. The number of amides is 1. The van der Waals surface area contributed by atoms with Crippen molar-refractivity contribution in [1.29, 1.82) is 0 Å². The maximum atomic E-state index is 11.9. The van der Waals surface area contributed by atoms with Gasteiger partial charge in [-0.1, -0.05) is 11.6 Å². The molecule has 1 rings (SSSR count). The first kappa shape index (κ1) is 15.7. The fraction of sp³-hybridized carbons (Fsp3) is 0.222. The lowest BCUT2D eigenvalue weighted by Gasteiger charge is -2.09. The Bertz CT molecular complexity index is 601. The van der Waals surface area contributed by atoms with E-state index in [1.54, 1.807) is 0 Å². The fourth-order valence-corrected chi connectivity index (χ4v) is 1.98. The summed E-state index contributed by atoms with van der Waals surface area (Å²) >= 11 is 5.63. The van der Waals surface area contributed by atoms with Crippen molar-refractivity contribution >= 4 is 33.2 Å². The summed E-state index contributed by atoms with van der Waals surface area (Å²) in [6.45, 7) is 0. The van der Waals surface area contributed by atoms with E-state index >= 15 is 0 Å². The zero-order valence-electron chi connectivity index (χ0n) is 9.16. The zero-order chi connectivity index (χ0) is 14.8. The van der Waals surface area contributed by atoms with Crippen molar-refractivity contribution in [1.82, 2.24) is 0 Å². The van der Waals surface area contributed by atoms with Crippen molar-refractivity contribution in [2.75, 3.05) is 5.32 Å². The highest BCUT2D eigenvalue weighted by Gasteiger charge is 2.31. The predicted octanol–water partition coefficient (Wildman–Crippen LogP) is 1.88. The lowest BCUT2D eigenvalue weighted by atomic mass is 10.3. The summed E-state index contributed by atoms with van der Waals surface area (Å²) in [5.41, 5.74) is -0.136. The van der Waals surface area contributed by atoms with Gasteiger partial charge in [0.2, 0.25) is 15.9 Å². The average Bonchev–Trinajstić information content (AvgIpc) is 2.16.